The second-order valence-electron chi connectivity index (χ2n) is 5.02. The van der Waals surface area contributed by atoms with Crippen LogP contribution in [0.2, 0.25) is 0 Å². The lowest BCUT2D eigenvalue weighted by molar-refractivity contribution is 0.109. The summed E-state index contributed by atoms with van der Waals surface area (Å²) >= 11 is 0. The van der Waals surface area contributed by atoms with Gasteiger partial charge in [-0.05, 0) is 18.2 Å². The molecule has 6 nitrogen and oxygen atoms in total. The van der Waals surface area contributed by atoms with Gasteiger partial charge in [0.2, 0.25) is 0 Å². The van der Waals surface area contributed by atoms with Crippen LogP contribution in [0.15, 0.2) is 18.2 Å². The number of ether oxygens (including phenoxy) is 3. The van der Waals surface area contributed by atoms with Gasteiger partial charge in [0.15, 0.2) is 17.3 Å². The van der Waals surface area contributed by atoms with Gasteiger partial charge in [-0.1, -0.05) is 0 Å². The second kappa shape index (κ2) is 4.89. The van der Waals surface area contributed by atoms with Gasteiger partial charge < -0.3 is 19.9 Å². The largest absolute Gasteiger partial charge is 0.486 e. The molecule has 0 saturated heterocycles. The molecule has 0 atom stereocenters. The third kappa shape index (κ3) is 2.17. The topological polar surface area (TPSA) is 79.5 Å². The van der Waals surface area contributed by atoms with E-state index in [0.29, 0.717) is 38.1 Å². The summed E-state index contributed by atoms with van der Waals surface area (Å²) in [5.41, 5.74) is 8.78. The van der Waals surface area contributed by atoms with Gasteiger partial charge in [-0.2, -0.15) is 0 Å². The molecule has 6 heteroatoms. The highest BCUT2D eigenvalue weighted by Crippen LogP contribution is 2.34. The summed E-state index contributed by atoms with van der Waals surface area (Å²) in [6.45, 7) is 2.29. The molecule has 2 N–H and O–H groups in total. The van der Waals surface area contributed by atoms with Gasteiger partial charge in [0.25, 0.3) is 0 Å². The molecule has 4 rings (SSSR count). The summed E-state index contributed by atoms with van der Waals surface area (Å²) in [6, 6.07) is 5.70. The number of nitrogen functional groups attached to an aromatic ring is 1. The first-order chi connectivity index (χ1) is 10.3. The number of nitrogens with two attached hydrogens (primary N) is 1. The maximum Gasteiger partial charge on any atom is 0.162 e. The first kappa shape index (κ1) is 12.4. The van der Waals surface area contributed by atoms with Gasteiger partial charge in [-0.3, -0.25) is 0 Å². The fraction of sp³-hybridized carbons (Fsp3) is 0.333. The van der Waals surface area contributed by atoms with Gasteiger partial charge in [0, 0.05) is 17.5 Å². The van der Waals surface area contributed by atoms with Crippen LogP contribution in [0, 0.1) is 0 Å². The van der Waals surface area contributed by atoms with E-state index in [-0.39, 0.29) is 0 Å². The van der Waals surface area contributed by atoms with Gasteiger partial charge >= 0.3 is 0 Å². The SMILES string of the molecule is Nc1nc(-c2ccc3c(c2)OCCO3)nc2c1COCC2. The van der Waals surface area contributed by atoms with Crippen molar-refractivity contribution in [1.29, 1.82) is 0 Å². The van der Waals surface area contributed by atoms with Crippen molar-refractivity contribution in [3.63, 3.8) is 0 Å². The standard InChI is InChI=1S/C15H15N3O3/c16-14-10-8-19-4-3-11(10)17-15(18-14)9-1-2-12-13(7-9)21-6-5-20-12/h1-2,7H,3-6,8H2,(H2,16,17,18). The van der Waals surface area contributed by atoms with Crippen LogP contribution in [0.5, 0.6) is 11.5 Å². The number of aromatic nitrogens is 2. The summed E-state index contributed by atoms with van der Waals surface area (Å²) in [5, 5.41) is 0. The average molecular weight is 285 g/mol. The van der Waals surface area contributed by atoms with E-state index in [2.05, 4.69) is 9.97 Å². The van der Waals surface area contributed by atoms with Crippen LogP contribution in [0.3, 0.4) is 0 Å². The first-order valence-electron chi connectivity index (χ1n) is 6.94. The molecule has 1 aromatic carbocycles. The predicted molar refractivity (Wildman–Crippen MR) is 76.2 cm³/mol. The Morgan fingerprint density at radius 3 is 2.76 bits per heavy atom. The minimum atomic E-state index is 0.489. The van der Waals surface area contributed by atoms with Crippen molar-refractivity contribution in [2.24, 2.45) is 0 Å². The summed E-state index contributed by atoms with van der Waals surface area (Å²) in [7, 11) is 0. The Balaban J connectivity index is 1.78. The lowest BCUT2D eigenvalue weighted by Gasteiger charge is -2.20. The Hall–Kier alpha value is -2.34. The van der Waals surface area contributed by atoms with E-state index < -0.39 is 0 Å². The fourth-order valence-corrected chi connectivity index (χ4v) is 2.57. The monoisotopic (exact) mass is 285 g/mol. The number of nitrogens with zero attached hydrogens (tertiary/aromatic N) is 2. The minimum Gasteiger partial charge on any atom is -0.486 e. The molecule has 2 aromatic rings. The molecular weight excluding hydrogens is 270 g/mol. The number of hydrogen-bond acceptors (Lipinski definition) is 6. The smallest absolute Gasteiger partial charge is 0.162 e. The zero-order valence-corrected chi connectivity index (χ0v) is 11.5. The van der Waals surface area contributed by atoms with Crippen LogP contribution < -0.4 is 15.2 Å². The molecule has 0 aliphatic carbocycles. The molecule has 2 aliphatic rings. The lowest BCUT2D eigenvalue weighted by atomic mass is 10.1. The van der Waals surface area contributed by atoms with Crippen molar-refractivity contribution in [2.75, 3.05) is 25.6 Å². The maximum atomic E-state index is 6.03. The third-order valence-corrected chi connectivity index (χ3v) is 3.65. The Morgan fingerprint density at radius 1 is 1.00 bits per heavy atom. The molecule has 0 radical (unpaired) electrons. The molecule has 108 valence electrons. The van der Waals surface area contributed by atoms with Crippen LogP contribution in [0.4, 0.5) is 5.82 Å². The molecule has 3 heterocycles. The van der Waals surface area contributed by atoms with Crippen molar-refractivity contribution < 1.29 is 14.2 Å². The maximum absolute atomic E-state index is 6.03. The van der Waals surface area contributed by atoms with Crippen LogP contribution in [0.25, 0.3) is 11.4 Å². The molecule has 2 aliphatic heterocycles. The van der Waals surface area contributed by atoms with E-state index in [0.717, 1.165) is 34.7 Å². The summed E-state index contributed by atoms with van der Waals surface area (Å²) in [5.74, 6) is 2.58. The molecule has 0 saturated carbocycles. The highest BCUT2D eigenvalue weighted by molar-refractivity contribution is 5.63. The molecule has 0 unspecified atom stereocenters. The molecule has 0 fully saturated rings. The van der Waals surface area contributed by atoms with Crippen LogP contribution in [-0.2, 0) is 17.8 Å². The normalized spacial score (nSPS) is 16.4. The Labute approximate surface area is 121 Å². The van der Waals surface area contributed by atoms with Crippen molar-refractivity contribution in [3.05, 3.63) is 29.5 Å². The van der Waals surface area contributed by atoms with Crippen LogP contribution in [0.1, 0.15) is 11.3 Å². The first-order valence-corrected chi connectivity index (χ1v) is 6.94. The highest BCUT2D eigenvalue weighted by atomic mass is 16.6. The fourth-order valence-electron chi connectivity index (χ4n) is 2.57. The molecule has 21 heavy (non-hydrogen) atoms. The minimum absolute atomic E-state index is 0.489. The Kier molecular flexibility index (Phi) is 2.89. The zero-order chi connectivity index (χ0) is 14.2. The predicted octanol–water partition coefficient (Wildman–Crippen LogP) is 1.57. The average Bonchev–Trinajstić information content (AvgIpc) is 2.54. The van der Waals surface area contributed by atoms with E-state index >= 15 is 0 Å². The van der Waals surface area contributed by atoms with E-state index in [4.69, 9.17) is 19.9 Å². The number of benzene rings is 1. The molecular formula is C15H15N3O3. The number of hydrogen-bond donors (Lipinski definition) is 1. The van der Waals surface area contributed by atoms with Gasteiger partial charge in [0.1, 0.15) is 19.0 Å². The van der Waals surface area contributed by atoms with Gasteiger partial charge in [-0.15, -0.1) is 0 Å². The van der Waals surface area contributed by atoms with Crippen molar-refractivity contribution in [2.45, 2.75) is 13.0 Å². The molecule has 1 aromatic heterocycles. The number of fused-ring (bicyclic) bond motifs is 2. The summed E-state index contributed by atoms with van der Waals surface area (Å²) in [4.78, 5) is 9.02. The number of anilines is 1. The molecule has 0 spiro atoms. The van der Waals surface area contributed by atoms with Crippen molar-refractivity contribution in [3.8, 4) is 22.9 Å². The van der Waals surface area contributed by atoms with E-state index in [1.54, 1.807) is 0 Å². The summed E-state index contributed by atoms with van der Waals surface area (Å²) in [6.07, 6.45) is 0.763. The highest BCUT2D eigenvalue weighted by Gasteiger charge is 2.19. The van der Waals surface area contributed by atoms with Crippen LogP contribution >= 0.6 is 0 Å². The van der Waals surface area contributed by atoms with Crippen molar-refractivity contribution in [1.82, 2.24) is 9.97 Å². The Bertz CT molecular complexity index is 703. The molecule has 0 bridgehead atoms. The lowest BCUT2D eigenvalue weighted by Crippen LogP contribution is -2.16. The second-order valence-corrected chi connectivity index (χ2v) is 5.02. The molecule has 0 amide bonds. The van der Waals surface area contributed by atoms with E-state index in [9.17, 15) is 0 Å². The Morgan fingerprint density at radius 2 is 1.86 bits per heavy atom. The van der Waals surface area contributed by atoms with E-state index in [1.165, 1.54) is 0 Å². The van der Waals surface area contributed by atoms with Crippen molar-refractivity contribution >= 4 is 5.82 Å². The quantitative estimate of drug-likeness (QED) is 0.856. The zero-order valence-electron chi connectivity index (χ0n) is 11.5. The summed E-state index contributed by atoms with van der Waals surface area (Å²) < 4.78 is 16.5. The van der Waals surface area contributed by atoms with Gasteiger partial charge in [-0.25, -0.2) is 9.97 Å². The third-order valence-electron chi connectivity index (χ3n) is 3.65. The van der Waals surface area contributed by atoms with Gasteiger partial charge in [0.05, 0.1) is 18.9 Å². The van der Waals surface area contributed by atoms with Crippen LogP contribution in [-0.4, -0.2) is 29.8 Å². The van der Waals surface area contributed by atoms with E-state index in [1.807, 2.05) is 18.2 Å². The number of rotatable bonds is 1.